The minimum absolute atomic E-state index is 0.0140. The maximum Gasteiger partial charge on any atom is 0.326 e. The smallest absolute Gasteiger partial charge is 0.326 e. The Morgan fingerprint density at radius 3 is 2.55 bits per heavy atom. The van der Waals surface area contributed by atoms with Crippen LogP contribution in [0.4, 0.5) is 0 Å². The van der Waals surface area contributed by atoms with Crippen molar-refractivity contribution in [3.8, 4) is 0 Å². The summed E-state index contributed by atoms with van der Waals surface area (Å²) in [6.07, 6.45) is 2.69. The standard InChI is InChI=1S/C13H18N2O5/c1-8(2)11(13(18)19)15-10(16)3-5-14-12(17)9-4-6-20-7-9/h4,6-8,11H,3,5H2,1-2H3,(H,14,17)(H,15,16)(H,18,19)/t11-/m1/s1. The molecule has 0 saturated heterocycles. The first-order valence-corrected chi connectivity index (χ1v) is 6.24. The van der Waals surface area contributed by atoms with E-state index in [1.165, 1.54) is 18.6 Å². The minimum Gasteiger partial charge on any atom is -0.480 e. The molecule has 7 nitrogen and oxygen atoms in total. The van der Waals surface area contributed by atoms with Gasteiger partial charge >= 0.3 is 5.97 Å². The minimum atomic E-state index is -1.07. The molecule has 1 rings (SSSR count). The van der Waals surface area contributed by atoms with Crippen LogP contribution in [0.2, 0.25) is 0 Å². The zero-order valence-electron chi connectivity index (χ0n) is 11.4. The number of furan rings is 1. The first-order valence-electron chi connectivity index (χ1n) is 6.24. The summed E-state index contributed by atoms with van der Waals surface area (Å²) in [5.74, 6) is -2.04. The van der Waals surface area contributed by atoms with Gasteiger partial charge in [-0.15, -0.1) is 0 Å². The van der Waals surface area contributed by atoms with Crippen molar-refractivity contribution in [1.82, 2.24) is 10.6 Å². The molecule has 0 fully saturated rings. The van der Waals surface area contributed by atoms with Gasteiger partial charge in [0.15, 0.2) is 0 Å². The molecule has 0 spiro atoms. The summed E-state index contributed by atoms with van der Waals surface area (Å²) in [5, 5.41) is 13.9. The fraction of sp³-hybridized carbons (Fsp3) is 0.462. The van der Waals surface area contributed by atoms with Gasteiger partial charge in [0.1, 0.15) is 12.3 Å². The number of aliphatic carboxylic acids is 1. The molecule has 1 aromatic rings. The predicted octanol–water partition coefficient (Wildman–Crippen LogP) is 0.625. The van der Waals surface area contributed by atoms with Crippen molar-refractivity contribution in [3.63, 3.8) is 0 Å². The van der Waals surface area contributed by atoms with Crippen LogP contribution >= 0.6 is 0 Å². The summed E-state index contributed by atoms with van der Waals surface area (Å²) < 4.78 is 4.76. The van der Waals surface area contributed by atoms with Gasteiger partial charge in [-0.25, -0.2) is 4.79 Å². The van der Waals surface area contributed by atoms with Crippen LogP contribution in [-0.4, -0.2) is 35.5 Å². The molecule has 7 heteroatoms. The van der Waals surface area contributed by atoms with Crippen LogP contribution < -0.4 is 10.6 Å². The van der Waals surface area contributed by atoms with E-state index in [4.69, 9.17) is 9.52 Å². The number of rotatable bonds is 7. The highest BCUT2D eigenvalue weighted by molar-refractivity contribution is 5.94. The third-order valence-corrected chi connectivity index (χ3v) is 2.67. The fourth-order valence-electron chi connectivity index (χ4n) is 1.54. The van der Waals surface area contributed by atoms with E-state index in [-0.39, 0.29) is 24.8 Å². The lowest BCUT2D eigenvalue weighted by Gasteiger charge is -2.17. The Hall–Kier alpha value is -2.31. The highest BCUT2D eigenvalue weighted by Crippen LogP contribution is 2.02. The Labute approximate surface area is 116 Å². The van der Waals surface area contributed by atoms with E-state index in [1.807, 2.05) is 0 Å². The molecule has 1 heterocycles. The molecule has 1 aromatic heterocycles. The van der Waals surface area contributed by atoms with Crippen molar-refractivity contribution in [2.24, 2.45) is 5.92 Å². The lowest BCUT2D eigenvalue weighted by molar-refractivity contribution is -0.143. The predicted molar refractivity (Wildman–Crippen MR) is 70.1 cm³/mol. The second kappa shape index (κ2) is 7.32. The van der Waals surface area contributed by atoms with Crippen LogP contribution in [0.5, 0.6) is 0 Å². The van der Waals surface area contributed by atoms with E-state index in [0.29, 0.717) is 5.56 Å². The van der Waals surface area contributed by atoms with Crippen molar-refractivity contribution >= 4 is 17.8 Å². The van der Waals surface area contributed by atoms with Gasteiger partial charge in [-0.2, -0.15) is 0 Å². The molecule has 0 radical (unpaired) electrons. The van der Waals surface area contributed by atoms with Gasteiger partial charge in [0, 0.05) is 13.0 Å². The average molecular weight is 282 g/mol. The van der Waals surface area contributed by atoms with Gasteiger partial charge in [-0.1, -0.05) is 13.8 Å². The average Bonchev–Trinajstić information content (AvgIpc) is 2.88. The van der Waals surface area contributed by atoms with Gasteiger partial charge in [0.25, 0.3) is 5.91 Å². The van der Waals surface area contributed by atoms with E-state index in [2.05, 4.69) is 10.6 Å². The van der Waals surface area contributed by atoms with Crippen molar-refractivity contribution in [2.45, 2.75) is 26.3 Å². The molecule has 2 amide bonds. The van der Waals surface area contributed by atoms with Gasteiger partial charge in [-0.3, -0.25) is 9.59 Å². The van der Waals surface area contributed by atoms with Gasteiger partial charge in [0.05, 0.1) is 11.8 Å². The summed E-state index contributed by atoms with van der Waals surface area (Å²) in [7, 11) is 0. The first kappa shape index (κ1) is 15.7. The van der Waals surface area contributed by atoms with Crippen molar-refractivity contribution in [3.05, 3.63) is 24.2 Å². The number of carbonyl (C=O) groups excluding carboxylic acids is 2. The highest BCUT2D eigenvalue weighted by Gasteiger charge is 2.23. The molecule has 0 aliphatic rings. The maximum absolute atomic E-state index is 11.6. The van der Waals surface area contributed by atoms with E-state index in [0.717, 1.165) is 0 Å². The van der Waals surface area contributed by atoms with Crippen LogP contribution in [-0.2, 0) is 9.59 Å². The summed E-state index contributed by atoms with van der Waals surface area (Å²) in [6, 6.07) is 0.585. The third kappa shape index (κ3) is 4.75. The number of carbonyl (C=O) groups is 3. The number of hydrogen-bond acceptors (Lipinski definition) is 4. The molecule has 0 unspecified atom stereocenters. The zero-order chi connectivity index (χ0) is 15.1. The molecular weight excluding hydrogens is 264 g/mol. The summed E-state index contributed by atoms with van der Waals surface area (Å²) >= 11 is 0. The van der Waals surface area contributed by atoms with E-state index >= 15 is 0 Å². The normalized spacial score (nSPS) is 11.9. The maximum atomic E-state index is 11.6. The number of carboxylic acids is 1. The quantitative estimate of drug-likeness (QED) is 0.679. The number of nitrogens with one attached hydrogen (secondary N) is 2. The third-order valence-electron chi connectivity index (χ3n) is 2.67. The SMILES string of the molecule is CC(C)[C@@H](NC(=O)CCNC(=O)c1ccoc1)C(=O)O. The van der Waals surface area contributed by atoms with Crippen LogP contribution in [0.1, 0.15) is 30.6 Å². The molecule has 110 valence electrons. The van der Waals surface area contributed by atoms with Gasteiger partial charge in [-0.05, 0) is 12.0 Å². The Morgan fingerprint density at radius 2 is 2.05 bits per heavy atom. The molecule has 0 aromatic carbocycles. The topological polar surface area (TPSA) is 109 Å². The Balaban J connectivity index is 2.33. The summed E-state index contributed by atoms with van der Waals surface area (Å²) in [6.45, 7) is 3.54. The van der Waals surface area contributed by atoms with Crippen LogP contribution in [0, 0.1) is 5.92 Å². The van der Waals surface area contributed by atoms with E-state index in [1.54, 1.807) is 13.8 Å². The summed E-state index contributed by atoms with van der Waals surface area (Å²) in [5.41, 5.74) is 0.371. The number of hydrogen-bond donors (Lipinski definition) is 3. The summed E-state index contributed by atoms with van der Waals surface area (Å²) in [4.78, 5) is 34.0. The lowest BCUT2D eigenvalue weighted by atomic mass is 10.0. The second-order valence-corrected chi connectivity index (χ2v) is 4.65. The molecule has 3 N–H and O–H groups in total. The van der Waals surface area contributed by atoms with Gasteiger partial charge in [0.2, 0.25) is 5.91 Å². The molecule has 0 saturated carbocycles. The largest absolute Gasteiger partial charge is 0.480 e. The molecular formula is C13H18N2O5. The Morgan fingerprint density at radius 1 is 1.35 bits per heavy atom. The molecule has 0 aliphatic carbocycles. The Kier molecular flexibility index (Phi) is 5.76. The van der Waals surface area contributed by atoms with Crippen LogP contribution in [0.15, 0.2) is 23.0 Å². The lowest BCUT2D eigenvalue weighted by Crippen LogP contribution is -2.45. The second-order valence-electron chi connectivity index (χ2n) is 4.65. The monoisotopic (exact) mass is 282 g/mol. The number of carboxylic acid groups (broad SMARTS) is 1. The van der Waals surface area contributed by atoms with Crippen LogP contribution in [0.3, 0.4) is 0 Å². The van der Waals surface area contributed by atoms with Gasteiger partial charge < -0.3 is 20.2 Å². The fourth-order valence-corrected chi connectivity index (χ4v) is 1.54. The van der Waals surface area contributed by atoms with Crippen molar-refractivity contribution < 1.29 is 23.9 Å². The first-order chi connectivity index (χ1) is 9.41. The van der Waals surface area contributed by atoms with Crippen molar-refractivity contribution in [2.75, 3.05) is 6.54 Å². The van der Waals surface area contributed by atoms with E-state index in [9.17, 15) is 14.4 Å². The molecule has 0 bridgehead atoms. The van der Waals surface area contributed by atoms with Crippen LogP contribution in [0.25, 0.3) is 0 Å². The Bertz CT molecular complexity index is 467. The number of amides is 2. The zero-order valence-corrected chi connectivity index (χ0v) is 11.4. The highest BCUT2D eigenvalue weighted by atomic mass is 16.4. The molecule has 20 heavy (non-hydrogen) atoms. The van der Waals surface area contributed by atoms with Crippen molar-refractivity contribution in [1.29, 1.82) is 0 Å². The van der Waals surface area contributed by atoms with E-state index < -0.39 is 17.9 Å². The molecule has 0 aliphatic heterocycles. The molecule has 1 atom stereocenters.